The molecule has 1 fully saturated rings. The van der Waals surface area contributed by atoms with Gasteiger partial charge in [-0.05, 0) is 49.8 Å². The van der Waals surface area contributed by atoms with Crippen LogP contribution in [0.4, 0.5) is 11.4 Å². The Morgan fingerprint density at radius 2 is 2.20 bits per heavy atom. The van der Waals surface area contributed by atoms with Crippen LogP contribution in [-0.2, 0) is 0 Å². The van der Waals surface area contributed by atoms with Gasteiger partial charge in [0.25, 0.3) is 5.91 Å². The number of benzene rings is 1. The molecule has 0 atom stereocenters. The normalized spacial score (nSPS) is 15.7. The monoisotopic (exact) mass is 277 g/mol. The molecular formula is C15H23N3O2. The van der Waals surface area contributed by atoms with Crippen molar-refractivity contribution in [1.29, 1.82) is 0 Å². The van der Waals surface area contributed by atoms with Crippen molar-refractivity contribution in [3.05, 3.63) is 23.8 Å². The molecule has 0 radical (unpaired) electrons. The van der Waals surface area contributed by atoms with Gasteiger partial charge in [-0.1, -0.05) is 0 Å². The maximum absolute atomic E-state index is 11.8. The molecule has 0 heterocycles. The van der Waals surface area contributed by atoms with Crippen molar-refractivity contribution >= 4 is 17.3 Å². The fourth-order valence-electron chi connectivity index (χ4n) is 2.33. The summed E-state index contributed by atoms with van der Waals surface area (Å²) in [5.74, 6) is -0.0907. The summed E-state index contributed by atoms with van der Waals surface area (Å²) >= 11 is 0. The lowest BCUT2D eigenvalue weighted by Gasteiger charge is -2.17. The van der Waals surface area contributed by atoms with E-state index < -0.39 is 0 Å². The standard InChI is InChI=1S/C15H23N3O2/c1-2-17-14(20)11-3-4-12(16)13(9-11)18-10-15(5-6-15)7-8-19/h3-4,9,18-19H,2,5-8,10,16H2,1H3,(H,17,20). The van der Waals surface area contributed by atoms with E-state index >= 15 is 0 Å². The number of carbonyl (C=O) groups is 1. The first-order chi connectivity index (χ1) is 9.60. The molecule has 1 aliphatic rings. The third kappa shape index (κ3) is 3.42. The number of hydrogen-bond acceptors (Lipinski definition) is 4. The average molecular weight is 277 g/mol. The highest BCUT2D eigenvalue weighted by atomic mass is 16.3. The van der Waals surface area contributed by atoms with Crippen molar-refractivity contribution in [2.45, 2.75) is 26.2 Å². The number of hydrogen-bond donors (Lipinski definition) is 4. The smallest absolute Gasteiger partial charge is 0.251 e. The topological polar surface area (TPSA) is 87.4 Å². The second-order valence-corrected chi connectivity index (χ2v) is 5.49. The van der Waals surface area contributed by atoms with Crippen LogP contribution in [-0.4, -0.2) is 30.7 Å². The second-order valence-electron chi connectivity index (χ2n) is 5.49. The molecule has 1 amide bonds. The van der Waals surface area contributed by atoms with Gasteiger partial charge in [0.15, 0.2) is 0 Å². The third-order valence-electron chi connectivity index (χ3n) is 3.91. The highest BCUT2D eigenvalue weighted by molar-refractivity contribution is 5.96. The van der Waals surface area contributed by atoms with Crippen LogP contribution < -0.4 is 16.4 Å². The number of rotatable bonds is 7. The molecule has 0 unspecified atom stereocenters. The molecule has 5 N–H and O–H groups in total. The van der Waals surface area contributed by atoms with Gasteiger partial charge in [-0.15, -0.1) is 0 Å². The van der Waals surface area contributed by atoms with E-state index in [1.54, 1.807) is 18.2 Å². The molecule has 1 aromatic carbocycles. The summed E-state index contributed by atoms with van der Waals surface area (Å²) in [6.45, 7) is 3.50. The number of carbonyl (C=O) groups excluding carboxylic acids is 1. The highest BCUT2D eigenvalue weighted by Crippen LogP contribution is 2.48. The first-order valence-corrected chi connectivity index (χ1v) is 7.13. The van der Waals surface area contributed by atoms with Gasteiger partial charge in [0.1, 0.15) is 0 Å². The van der Waals surface area contributed by atoms with Crippen molar-refractivity contribution in [3.63, 3.8) is 0 Å². The molecule has 2 rings (SSSR count). The quantitative estimate of drug-likeness (QED) is 0.570. The predicted octanol–water partition coefficient (Wildman–Crippen LogP) is 1.59. The first-order valence-electron chi connectivity index (χ1n) is 7.13. The molecule has 20 heavy (non-hydrogen) atoms. The number of nitrogens with two attached hydrogens (primary N) is 1. The van der Waals surface area contributed by atoms with Crippen molar-refractivity contribution < 1.29 is 9.90 Å². The minimum atomic E-state index is -0.0907. The van der Waals surface area contributed by atoms with Crippen LogP contribution >= 0.6 is 0 Å². The van der Waals surface area contributed by atoms with Gasteiger partial charge in [-0.3, -0.25) is 4.79 Å². The van der Waals surface area contributed by atoms with E-state index in [9.17, 15) is 4.79 Å². The maximum atomic E-state index is 11.8. The van der Waals surface area contributed by atoms with Crippen LogP contribution in [0.5, 0.6) is 0 Å². The Morgan fingerprint density at radius 3 is 2.80 bits per heavy atom. The lowest BCUT2D eigenvalue weighted by Crippen LogP contribution is -2.23. The van der Waals surface area contributed by atoms with Crippen molar-refractivity contribution in [1.82, 2.24) is 5.32 Å². The maximum Gasteiger partial charge on any atom is 0.251 e. The Hall–Kier alpha value is -1.75. The Balaban J connectivity index is 2.03. The van der Waals surface area contributed by atoms with Gasteiger partial charge < -0.3 is 21.5 Å². The predicted molar refractivity (Wildman–Crippen MR) is 80.7 cm³/mol. The number of amides is 1. The molecule has 1 aromatic rings. The Labute approximate surface area is 119 Å². The van der Waals surface area contributed by atoms with E-state index in [0.717, 1.165) is 31.5 Å². The highest BCUT2D eigenvalue weighted by Gasteiger charge is 2.41. The lowest BCUT2D eigenvalue weighted by molar-refractivity contribution is 0.0956. The van der Waals surface area contributed by atoms with Crippen LogP contribution in [0.25, 0.3) is 0 Å². The molecule has 0 spiro atoms. The Morgan fingerprint density at radius 1 is 1.45 bits per heavy atom. The van der Waals surface area contributed by atoms with Crippen molar-refractivity contribution in [2.75, 3.05) is 30.7 Å². The van der Waals surface area contributed by atoms with Gasteiger partial charge in [-0.25, -0.2) is 0 Å². The molecule has 0 aromatic heterocycles. The summed E-state index contributed by atoms with van der Waals surface area (Å²) in [6, 6.07) is 5.26. The van der Waals surface area contributed by atoms with Crippen LogP contribution in [0.3, 0.4) is 0 Å². The minimum Gasteiger partial charge on any atom is -0.397 e. The van der Waals surface area contributed by atoms with Gasteiger partial charge in [0.2, 0.25) is 0 Å². The largest absolute Gasteiger partial charge is 0.397 e. The SMILES string of the molecule is CCNC(=O)c1ccc(N)c(NCC2(CCO)CC2)c1. The molecular weight excluding hydrogens is 254 g/mol. The summed E-state index contributed by atoms with van der Waals surface area (Å²) in [7, 11) is 0. The summed E-state index contributed by atoms with van der Waals surface area (Å²) in [6.07, 6.45) is 3.09. The van der Waals surface area contributed by atoms with E-state index in [1.165, 1.54) is 0 Å². The minimum absolute atomic E-state index is 0.0907. The Kier molecular flexibility index (Phi) is 4.49. The summed E-state index contributed by atoms with van der Waals surface area (Å²) in [4.78, 5) is 11.8. The average Bonchev–Trinajstić information content (AvgIpc) is 3.19. The summed E-state index contributed by atoms with van der Waals surface area (Å²) in [5.41, 5.74) is 8.19. The number of nitrogen functional groups attached to an aromatic ring is 1. The van der Waals surface area contributed by atoms with Gasteiger partial charge in [0.05, 0.1) is 11.4 Å². The van der Waals surface area contributed by atoms with Gasteiger partial charge >= 0.3 is 0 Å². The van der Waals surface area contributed by atoms with Gasteiger partial charge in [-0.2, -0.15) is 0 Å². The zero-order chi connectivity index (χ0) is 14.6. The zero-order valence-electron chi connectivity index (χ0n) is 11.9. The van der Waals surface area contributed by atoms with Crippen LogP contribution in [0.15, 0.2) is 18.2 Å². The number of aliphatic hydroxyl groups excluding tert-OH is 1. The van der Waals surface area contributed by atoms with E-state index in [1.807, 2.05) is 6.92 Å². The molecule has 1 aliphatic carbocycles. The van der Waals surface area contributed by atoms with Crippen LogP contribution in [0.1, 0.15) is 36.5 Å². The van der Waals surface area contributed by atoms with Crippen LogP contribution in [0, 0.1) is 5.41 Å². The van der Waals surface area contributed by atoms with E-state index in [2.05, 4.69) is 10.6 Å². The van der Waals surface area contributed by atoms with Crippen LogP contribution in [0.2, 0.25) is 0 Å². The molecule has 5 heteroatoms. The summed E-state index contributed by atoms with van der Waals surface area (Å²) < 4.78 is 0. The zero-order valence-corrected chi connectivity index (χ0v) is 11.9. The van der Waals surface area contributed by atoms with E-state index in [4.69, 9.17) is 10.8 Å². The number of anilines is 2. The lowest BCUT2D eigenvalue weighted by atomic mass is 10.0. The second kappa shape index (κ2) is 6.13. The fourth-order valence-corrected chi connectivity index (χ4v) is 2.33. The third-order valence-corrected chi connectivity index (χ3v) is 3.91. The van der Waals surface area contributed by atoms with Crippen molar-refractivity contribution in [3.8, 4) is 0 Å². The molecule has 1 saturated carbocycles. The fraction of sp³-hybridized carbons (Fsp3) is 0.533. The number of aliphatic hydroxyl groups is 1. The Bertz CT molecular complexity index is 484. The van der Waals surface area contributed by atoms with Gasteiger partial charge in [0, 0.05) is 25.3 Å². The first kappa shape index (κ1) is 14.7. The molecule has 110 valence electrons. The molecule has 5 nitrogen and oxygen atoms in total. The molecule has 0 bridgehead atoms. The van der Waals surface area contributed by atoms with Crippen molar-refractivity contribution in [2.24, 2.45) is 5.41 Å². The van der Waals surface area contributed by atoms with E-state index in [0.29, 0.717) is 17.8 Å². The molecule has 0 saturated heterocycles. The summed E-state index contributed by atoms with van der Waals surface area (Å²) in [5, 5.41) is 15.2. The van der Waals surface area contributed by atoms with E-state index in [-0.39, 0.29) is 17.9 Å². The molecule has 0 aliphatic heterocycles. The number of nitrogens with one attached hydrogen (secondary N) is 2.